The van der Waals surface area contributed by atoms with E-state index in [9.17, 15) is 10.1 Å². The van der Waals surface area contributed by atoms with Gasteiger partial charge in [0.05, 0.1) is 4.92 Å². The van der Waals surface area contributed by atoms with Crippen LogP contribution < -0.4 is 16.6 Å². The molecule has 0 radical (unpaired) electrons. The molecule has 0 aromatic heterocycles. The third kappa shape index (κ3) is 2.96. The highest BCUT2D eigenvalue weighted by Crippen LogP contribution is 2.49. The van der Waals surface area contributed by atoms with Crippen LogP contribution in [0.5, 0.6) is 0 Å². The van der Waals surface area contributed by atoms with Gasteiger partial charge in [0, 0.05) is 6.54 Å². The van der Waals surface area contributed by atoms with Crippen LogP contribution in [0.3, 0.4) is 0 Å². The lowest BCUT2D eigenvalue weighted by molar-refractivity contribution is -0.383. The number of hydrogen-bond acceptors (Lipinski definition) is 5. The van der Waals surface area contributed by atoms with E-state index >= 15 is 0 Å². The van der Waals surface area contributed by atoms with Crippen molar-refractivity contribution in [3.05, 3.63) is 28.3 Å². The highest BCUT2D eigenvalue weighted by molar-refractivity contribution is 5.75. The quantitative estimate of drug-likeness (QED) is 0.400. The average Bonchev–Trinajstić information content (AvgIpc) is 3.16. The first kappa shape index (κ1) is 13.6. The number of rotatable bonds is 7. The molecule has 2 rings (SSSR count). The number of para-hydroxylation sites is 1. The summed E-state index contributed by atoms with van der Waals surface area (Å²) in [6.07, 6.45) is 4.73. The van der Waals surface area contributed by atoms with Gasteiger partial charge in [0.25, 0.3) is 0 Å². The first-order valence-corrected chi connectivity index (χ1v) is 6.60. The minimum Gasteiger partial charge on any atom is -0.379 e. The number of nitrogen functional groups attached to an aromatic ring is 1. The molecule has 0 heterocycles. The van der Waals surface area contributed by atoms with Crippen LogP contribution in [0.25, 0.3) is 0 Å². The molecule has 0 amide bonds. The predicted molar refractivity (Wildman–Crippen MR) is 76.0 cm³/mol. The average molecular weight is 264 g/mol. The van der Waals surface area contributed by atoms with Gasteiger partial charge in [-0.15, -0.1) is 0 Å². The zero-order valence-corrected chi connectivity index (χ0v) is 11.1. The summed E-state index contributed by atoms with van der Waals surface area (Å²) < 4.78 is 0. The summed E-state index contributed by atoms with van der Waals surface area (Å²) in [6, 6.07) is 5.08. The lowest BCUT2D eigenvalue weighted by Crippen LogP contribution is -2.17. The molecular weight excluding hydrogens is 244 g/mol. The lowest BCUT2D eigenvalue weighted by atomic mass is 10.0. The van der Waals surface area contributed by atoms with Crippen molar-refractivity contribution in [2.24, 2.45) is 11.3 Å². The molecule has 0 saturated heterocycles. The van der Waals surface area contributed by atoms with Gasteiger partial charge in [-0.3, -0.25) is 16.0 Å². The fourth-order valence-electron chi connectivity index (χ4n) is 2.50. The van der Waals surface area contributed by atoms with E-state index in [4.69, 9.17) is 5.84 Å². The summed E-state index contributed by atoms with van der Waals surface area (Å²) in [4.78, 5) is 10.7. The highest BCUT2D eigenvalue weighted by atomic mass is 16.6. The van der Waals surface area contributed by atoms with Gasteiger partial charge in [0.15, 0.2) is 0 Å². The number of nitro benzene ring substituents is 1. The number of nitro groups is 1. The number of nitrogens with zero attached hydrogens (tertiary/aromatic N) is 1. The third-order valence-corrected chi connectivity index (χ3v) is 3.77. The summed E-state index contributed by atoms with van der Waals surface area (Å²) in [5, 5.41) is 14.4. The minimum atomic E-state index is -0.406. The molecule has 0 aliphatic heterocycles. The maximum atomic E-state index is 11.1. The Morgan fingerprint density at radius 3 is 2.63 bits per heavy atom. The number of nitrogens with one attached hydrogen (secondary N) is 2. The Morgan fingerprint density at radius 1 is 1.42 bits per heavy atom. The number of nitrogens with two attached hydrogens (primary N) is 1. The molecule has 1 aromatic carbocycles. The third-order valence-electron chi connectivity index (χ3n) is 3.77. The van der Waals surface area contributed by atoms with E-state index in [0.717, 1.165) is 13.0 Å². The molecular formula is C13H20N4O2. The highest BCUT2D eigenvalue weighted by Gasteiger charge is 2.41. The topological polar surface area (TPSA) is 93.2 Å². The maximum Gasteiger partial charge on any atom is 0.316 e. The van der Waals surface area contributed by atoms with Crippen molar-refractivity contribution in [3.63, 3.8) is 0 Å². The number of benzene rings is 1. The maximum absolute atomic E-state index is 11.1. The molecule has 6 heteroatoms. The van der Waals surface area contributed by atoms with E-state index < -0.39 is 4.92 Å². The van der Waals surface area contributed by atoms with E-state index in [1.165, 1.54) is 19.3 Å². The van der Waals surface area contributed by atoms with Crippen molar-refractivity contribution in [2.45, 2.75) is 32.6 Å². The molecule has 1 saturated carbocycles. The van der Waals surface area contributed by atoms with Crippen LogP contribution in [0.1, 0.15) is 32.6 Å². The lowest BCUT2D eigenvalue weighted by Gasteiger charge is -2.16. The van der Waals surface area contributed by atoms with Gasteiger partial charge in [-0.2, -0.15) is 0 Å². The standard InChI is InChI=1S/C13H20N4O2/c1-2-6-13(7-8-13)9-15-10-4-3-5-11(16-14)12(10)17(18)19/h3-5,15-16H,2,6-9,14H2,1H3. The van der Waals surface area contributed by atoms with Crippen molar-refractivity contribution in [1.29, 1.82) is 0 Å². The van der Waals surface area contributed by atoms with Crippen molar-refractivity contribution >= 4 is 17.1 Å². The van der Waals surface area contributed by atoms with Crippen molar-refractivity contribution in [3.8, 4) is 0 Å². The Hall–Kier alpha value is -1.82. The molecule has 0 atom stereocenters. The van der Waals surface area contributed by atoms with Gasteiger partial charge >= 0.3 is 5.69 Å². The Morgan fingerprint density at radius 2 is 2.11 bits per heavy atom. The second-order valence-corrected chi connectivity index (χ2v) is 5.21. The molecule has 19 heavy (non-hydrogen) atoms. The van der Waals surface area contributed by atoms with Gasteiger partial charge in [-0.25, -0.2) is 0 Å². The molecule has 1 aliphatic carbocycles. The summed E-state index contributed by atoms with van der Waals surface area (Å²) in [5.41, 5.74) is 3.59. The molecule has 0 spiro atoms. The van der Waals surface area contributed by atoms with Crippen molar-refractivity contribution in [2.75, 3.05) is 17.3 Å². The van der Waals surface area contributed by atoms with Gasteiger partial charge in [-0.1, -0.05) is 19.4 Å². The number of hydrogen-bond donors (Lipinski definition) is 3. The largest absolute Gasteiger partial charge is 0.379 e. The second-order valence-electron chi connectivity index (χ2n) is 5.21. The Kier molecular flexibility index (Phi) is 3.90. The van der Waals surface area contributed by atoms with Crippen LogP contribution in [-0.2, 0) is 0 Å². The number of anilines is 2. The molecule has 4 N–H and O–H groups in total. The summed E-state index contributed by atoms with van der Waals surface area (Å²) in [7, 11) is 0. The molecule has 1 aliphatic rings. The van der Waals surface area contributed by atoms with Crippen molar-refractivity contribution in [1.82, 2.24) is 0 Å². The predicted octanol–water partition coefficient (Wildman–Crippen LogP) is 2.87. The van der Waals surface area contributed by atoms with Crippen LogP contribution in [0.2, 0.25) is 0 Å². The monoisotopic (exact) mass is 264 g/mol. The zero-order valence-electron chi connectivity index (χ0n) is 11.1. The normalized spacial score (nSPS) is 15.9. The molecule has 1 aromatic rings. The van der Waals surface area contributed by atoms with Gasteiger partial charge in [0.2, 0.25) is 0 Å². The molecule has 0 unspecified atom stereocenters. The van der Waals surface area contributed by atoms with Crippen LogP contribution in [0.4, 0.5) is 17.1 Å². The smallest absolute Gasteiger partial charge is 0.316 e. The van der Waals surface area contributed by atoms with Gasteiger partial charge in [-0.05, 0) is 36.8 Å². The van der Waals surface area contributed by atoms with Crippen LogP contribution in [0.15, 0.2) is 18.2 Å². The molecule has 0 bridgehead atoms. The van der Waals surface area contributed by atoms with E-state index in [0.29, 0.717) is 16.8 Å². The van der Waals surface area contributed by atoms with E-state index in [-0.39, 0.29) is 5.69 Å². The minimum absolute atomic E-state index is 0.0114. The Balaban J connectivity index is 2.14. The van der Waals surface area contributed by atoms with E-state index in [1.807, 2.05) is 0 Å². The molecule has 1 fully saturated rings. The first-order valence-electron chi connectivity index (χ1n) is 6.60. The van der Waals surface area contributed by atoms with Crippen LogP contribution >= 0.6 is 0 Å². The molecule has 6 nitrogen and oxygen atoms in total. The fraction of sp³-hybridized carbons (Fsp3) is 0.538. The SMILES string of the molecule is CCCC1(CNc2cccc(NN)c2[N+](=O)[O-])CC1. The summed E-state index contributed by atoms with van der Waals surface area (Å²) >= 11 is 0. The second kappa shape index (κ2) is 5.44. The summed E-state index contributed by atoms with van der Waals surface area (Å²) in [5.74, 6) is 5.32. The summed E-state index contributed by atoms with van der Waals surface area (Å²) in [6.45, 7) is 2.96. The van der Waals surface area contributed by atoms with E-state index in [2.05, 4.69) is 17.7 Å². The number of hydrazine groups is 1. The van der Waals surface area contributed by atoms with Crippen molar-refractivity contribution < 1.29 is 4.92 Å². The Labute approximate surface area is 112 Å². The van der Waals surface area contributed by atoms with Gasteiger partial charge < -0.3 is 10.7 Å². The van der Waals surface area contributed by atoms with Gasteiger partial charge in [0.1, 0.15) is 11.4 Å². The first-order chi connectivity index (χ1) is 9.12. The zero-order chi connectivity index (χ0) is 13.9. The molecule has 104 valence electrons. The fourth-order valence-corrected chi connectivity index (χ4v) is 2.50. The Bertz CT molecular complexity index is 472. The van der Waals surface area contributed by atoms with Crippen LogP contribution in [0, 0.1) is 15.5 Å². The van der Waals surface area contributed by atoms with E-state index in [1.54, 1.807) is 18.2 Å². The van der Waals surface area contributed by atoms with Crippen LogP contribution in [-0.4, -0.2) is 11.5 Å².